The van der Waals surface area contributed by atoms with E-state index in [1.54, 1.807) is 0 Å². The Hall–Kier alpha value is 1.35. The van der Waals surface area contributed by atoms with E-state index in [4.69, 9.17) is 34.8 Å². The van der Waals surface area contributed by atoms with Gasteiger partial charge in [0.1, 0.15) is 0 Å². The molecule has 0 N–H and O–H groups in total. The highest BCUT2D eigenvalue weighted by Crippen LogP contribution is 2.45. The molecule has 0 aromatic carbocycles. The number of hydrogen-bond donors (Lipinski definition) is 0. The van der Waals surface area contributed by atoms with Crippen LogP contribution in [0, 0.1) is 5.92 Å². The van der Waals surface area contributed by atoms with Crippen LogP contribution in [0.15, 0.2) is 0 Å². The minimum absolute atomic E-state index is 0.182. The first-order valence-electron chi connectivity index (χ1n) is 3.72. The molecule has 1 saturated carbocycles. The third-order valence-corrected chi connectivity index (χ3v) is 4.04. The molecule has 1 rings (SSSR count). The first-order chi connectivity index (χ1) is 5.02. The van der Waals surface area contributed by atoms with Crippen molar-refractivity contribution >= 4 is 50.7 Å². The lowest BCUT2D eigenvalue weighted by Gasteiger charge is -2.32. The molecular weight excluding hydrogens is 270 g/mol. The second-order valence-electron chi connectivity index (χ2n) is 2.95. The fourth-order valence-electron chi connectivity index (χ4n) is 1.45. The van der Waals surface area contributed by atoms with E-state index in [2.05, 4.69) is 15.9 Å². The summed E-state index contributed by atoms with van der Waals surface area (Å²) in [6.07, 6.45) is 4.57. The molecule has 0 amide bonds. The highest BCUT2D eigenvalue weighted by Gasteiger charge is 2.38. The zero-order valence-electron chi connectivity index (χ0n) is 5.99. The summed E-state index contributed by atoms with van der Waals surface area (Å²) in [6, 6.07) is 0. The zero-order chi connectivity index (χ0) is 8.48. The van der Waals surface area contributed by atoms with E-state index < -0.39 is 3.79 Å². The minimum Gasteiger partial charge on any atom is -0.0886 e. The quantitative estimate of drug-likeness (QED) is 0.580. The summed E-state index contributed by atoms with van der Waals surface area (Å²) in [7, 11) is 0. The monoisotopic (exact) mass is 278 g/mol. The Balaban J connectivity index is 2.55. The van der Waals surface area contributed by atoms with E-state index >= 15 is 0 Å². The van der Waals surface area contributed by atoms with Crippen molar-refractivity contribution in [1.29, 1.82) is 0 Å². The summed E-state index contributed by atoms with van der Waals surface area (Å²) in [5.74, 6) is 0.182. The second-order valence-corrected chi connectivity index (χ2v) is 6.49. The average molecular weight is 280 g/mol. The largest absolute Gasteiger partial charge is 0.194 e. The Kier molecular flexibility index (Phi) is 3.83. The number of halogens is 4. The van der Waals surface area contributed by atoms with E-state index in [9.17, 15) is 0 Å². The fraction of sp³-hybridized carbons (Fsp3) is 1.00. The predicted molar refractivity (Wildman–Crippen MR) is 55.0 cm³/mol. The lowest BCUT2D eigenvalue weighted by molar-refractivity contribution is 0.380. The van der Waals surface area contributed by atoms with Gasteiger partial charge in [-0.1, -0.05) is 63.6 Å². The Morgan fingerprint density at radius 3 is 2.00 bits per heavy atom. The lowest BCUT2D eigenvalue weighted by Crippen LogP contribution is -2.30. The van der Waals surface area contributed by atoms with Gasteiger partial charge in [0.2, 0.25) is 0 Å². The molecule has 11 heavy (non-hydrogen) atoms. The first-order valence-corrected chi connectivity index (χ1v) is 5.77. The second kappa shape index (κ2) is 4.04. The third kappa shape index (κ3) is 2.95. The van der Waals surface area contributed by atoms with Gasteiger partial charge in [0.15, 0.2) is 3.79 Å². The van der Waals surface area contributed by atoms with Crippen molar-refractivity contribution in [3.63, 3.8) is 0 Å². The maximum absolute atomic E-state index is 5.81. The van der Waals surface area contributed by atoms with E-state index in [-0.39, 0.29) is 5.92 Å². The molecule has 2 atom stereocenters. The maximum atomic E-state index is 5.81. The van der Waals surface area contributed by atoms with Crippen molar-refractivity contribution < 1.29 is 0 Å². The summed E-state index contributed by atoms with van der Waals surface area (Å²) < 4.78 is -1.09. The molecule has 0 unspecified atom stereocenters. The Morgan fingerprint density at radius 1 is 1.09 bits per heavy atom. The van der Waals surface area contributed by atoms with Gasteiger partial charge in [0, 0.05) is 10.7 Å². The van der Waals surface area contributed by atoms with Crippen LogP contribution >= 0.6 is 50.7 Å². The highest BCUT2D eigenvalue weighted by molar-refractivity contribution is 9.09. The van der Waals surface area contributed by atoms with Crippen LogP contribution in [-0.2, 0) is 0 Å². The van der Waals surface area contributed by atoms with Crippen molar-refractivity contribution in [3.05, 3.63) is 0 Å². The molecule has 1 aliphatic carbocycles. The highest BCUT2D eigenvalue weighted by atomic mass is 79.9. The minimum atomic E-state index is -1.09. The predicted octanol–water partition coefficient (Wildman–Crippen LogP) is 4.31. The van der Waals surface area contributed by atoms with Crippen LogP contribution in [-0.4, -0.2) is 8.62 Å². The van der Waals surface area contributed by atoms with Crippen molar-refractivity contribution in [2.45, 2.75) is 34.3 Å². The molecule has 66 valence electrons. The van der Waals surface area contributed by atoms with Gasteiger partial charge in [0.05, 0.1) is 0 Å². The molecule has 0 radical (unpaired) electrons. The molecule has 0 nitrogen and oxygen atoms in total. The number of rotatable bonds is 0. The fourth-order valence-corrected chi connectivity index (χ4v) is 3.68. The maximum Gasteiger partial charge on any atom is 0.194 e. The molecule has 0 saturated heterocycles. The molecule has 0 spiro atoms. The summed E-state index contributed by atoms with van der Waals surface area (Å²) in [5, 5.41) is 0. The summed E-state index contributed by atoms with van der Waals surface area (Å²) in [6.45, 7) is 0. The average Bonchev–Trinajstić information content (AvgIpc) is 1.86. The van der Waals surface area contributed by atoms with Gasteiger partial charge in [-0.05, 0) is 12.8 Å². The Morgan fingerprint density at radius 2 is 1.64 bits per heavy atom. The summed E-state index contributed by atoms with van der Waals surface area (Å²) in [4.78, 5) is 0.378. The standard InChI is InChI=1S/C7H10BrCl3/c8-6-4-2-1-3-5(6)7(9,10)11/h5-6H,1-4H2/t5-,6-/m1/s1. The zero-order valence-corrected chi connectivity index (χ0v) is 9.85. The van der Waals surface area contributed by atoms with E-state index in [0.29, 0.717) is 4.83 Å². The number of hydrogen-bond acceptors (Lipinski definition) is 0. The Labute approximate surface area is 90.7 Å². The van der Waals surface area contributed by atoms with Crippen molar-refractivity contribution in [3.8, 4) is 0 Å². The van der Waals surface area contributed by atoms with Crippen LogP contribution in [0.4, 0.5) is 0 Å². The van der Waals surface area contributed by atoms with Gasteiger partial charge in [-0.3, -0.25) is 0 Å². The van der Waals surface area contributed by atoms with Gasteiger partial charge < -0.3 is 0 Å². The molecule has 0 bridgehead atoms. The van der Waals surface area contributed by atoms with Crippen LogP contribution in [0.1, 0.15) is 25.7 Å². The molecule has 1 fully saturated rings. The smallest absolute Gasteiger partial charge is 0.0886 e. The van der Waals surface area contributed by atoms with Crippen molar-refractivity contribution in [2.24, 2.45) is 5.92 Å². The molecule has 0 aromatic heterocycles. The summed E-state index contributed by atoms with van der Waals surface area (Å²) in [5.41, 5.74) is 0. The molecule has 0 aliphatic heterocycles. The van der Waals surface area contributed by atoms with Crippen LogP contribution in [0.2, 0.25) is 0 Å². The summed E-state index contributed by atoms with van der Waals surface area (Å²) >= 11 is 21.0. The topological polar surface area (TPSA) is 0 Å². The van der Waals surface area contributed by atoms with Gasteiger partial charge in [-0.2, -0.15) is 0 Å². The molecular formula is C7H10BrCl3. The van der Waals surface area contributed by atoms with Crippen molar-refractivity contribution in [2.75, 3.05) is 0 Å². The van der Waals surface area contributed by atoms with Gasteiger partial charge >= 0.3 is 0 Å². The van der Waals surface area contributed by atoms with E-state index in [1.165, 1.54) is 12.8 Å². The first kappa shape index (κ1) is 10.4. The SMILES string of the molecule is ClC(Cl)(Cl)[C@@H]1CCCC[C@H]1Br. The normalized spacial score (nSPS) is 33.8. The number of alkyl halides is 4. The van der Waals surface area contributed by atoms with Gasteiger partial charge in [-0.25, -0.2) is 0 Å². The molecule has 0 aromatic rings. The van der Waals surface area contributed by atoms with Crippen LogP contribution in [0.25, 0.3) is 0 Å². The third-order valence-electron chi connectivity index (χ3n) is 2.10. The Bertz CT molecular complexity index is 132. The van der Waals surface area contributed by atoms with Gasteiger partial charge in [0.25, 0.3) is 0 Å². The lowest BCUT2D eigenvalue weighted by atomic mass is 9.90. The molecule has 4 heteroatoms. The van der Waals surface area contributed by atoms with Crippen LogP contribution in [0.3, 0.4) is 0 Å². The van der Waals surface area contributed by atoms with E-state index in [1.807, 2.05) is 0 Å². The van der Waals surface area contributed by atoms with Crippen LogP contribution < -0.4 is 0 Å². The molecule has 0 heterocycles. The van der Waals surface area contributed by atoms with Crippen LogP contribution in [0.5, 0.6) is 0 Å². The van der Waals surface area contributed by atoms with Crippen molar-refractivity contribution in [1.82, 2.24) is 0 Å². The van der Waals surface area contributed by atoms with Gasteiger partial charge in [-0.15, -0.1) is 0 Å². The molecule has 1 aliphatic rings. The van der Waals surface area contributed by atoms with E-state index in [0.717, 1.165) is 12.8 Å².